The summed E-state index contributed by atoms with van der Waals surface area (Å²) in [7, 11) is 1.78. The lowest BCUT2D eigenvalue weighted by molar-refractivity contribution is 0.0819. The summed E-state index contributed by atoms with van der Waals surface area (Å²) in [5.74, 6) is -0.0813. The first-order valence-corrected chi connectivity index (χ1v) is 9.18. The first-order valence-electron chi connectivity index (χ1n) is 8.10. The number of carbonyl (C=O) groups is 1. The van der Waals surface area contributed by atoms with E-state index in [0.717, 1.165) is 35.2 Å². The molecule has 1 N–H and O–H groups in total. The highest BCUT2D eigenvalue weighted by atomic mass is 127. The molecule has 0 saturated carbocycles. The predicted molar refractivity (Wildman–Crippen MR) is 106 cm³/mol. The first-order chi connectivity index (χ1) is 11.7. The molecule has 24 heavy (non-hydrogen) atoms. The third-order valence-corrected chi connectivity index (χ3v) is 5.02. The monoisotopic (exact) mass is 436 g/mol. The van der Waals surface area contributed by atoms with Crippen molar-refractivity contribution in [1.82, 2.24) is 0 Å². The molecule has 1 saturated heterocycles. The second kappa shape index (κ2) is 7.98. The maximum absolute atomic E-state index is 12.3. The molecule has 2 aromatic rings. The fourth-order valence-electron chi connectivity index (χ4n) is 2.94. The van der Waals surface area contributed by atoms with Crippen molar-refractivity contribution in [3.05, 3.63) is 57.7 Å². The zero-order valence-corrected chi connectivity index (χ0v) is 15.8. The molecule has 0 atom stereocenters. The lowest BCUT2D eigenvalue weighted by Crippen LogP contribution is -2.36. The van der Waals surface area contributed by atoms with Crippen LogP contribution in [0.5, 0.6) is 0 Å². The van der Waals surface area contributed by atoms with E-state index in [4.69, 9.17) is 4.74 Å². The summed E-state index contributed by atoms with van der Waals surface area (Å²) >= 11 is 2.21. The van der Waals surface area contributed by atoms with Crippen LogP contribution in [-0.4, -0.2) is 32.2 Å². The Hall–Kier alpha value is -1.60. The molecule has 2 aromatic carbocycles. The van der Waals surface area contributed by atoms with Crippen molar-refractivity contribution in [2.45, 2.75) is 18.9 Å². The van der Waals surface area contributed by atoms with Gasteiger partial charge in [0.15, 0.2) is 0 Å². The van der Waals surface area contributed by atoms with E-state index in [1.54, 1.807) is 7.11 Å². The Kier molecular flexibility index (Phi) is 5.73. The molecular formula is C19H21IN2O2. The molecule has 1 amide bonds. The molecule has 1 aliphatic heterocycles. The number of piperidine rings is 1. The lowest BCUT2D eigenvalue weighted by Gasteiger charge is -2.33. The van der Waals surface area contributed by atoms with E-state index in [1.807, 2.05) is 36.4 Å². The Balaban J connectivity index is 1.61. The fraction of sp³-hybridized carbons (Fsp3) is 0.316. The van der Waals surface area contributed by atoms with Gasteiger partial charge in [-0.15, -0.1) is 0 Å². The van der Waals surface area contributed by atoms with Gasteiger partial charge in [-0.2, -0.15) is 0 Å². The normalized spacial score (nSPS) is 15.3. The van der Waals surface area contributed by atoms with E-state index in [0.29, 0.717) is 11.7 Å². The van der Waals surface area contributed by atoms with Crippen molar-refractivity contribution in [2.24, 2.45) is 0 Å². The summed E-state index contributed by atoms with van der Waals surface area (Å²) in [6.07, 6.45) is 2.50. The van der Waals surface area contributed by atoms with Gasteiger partial charge in [0.05, 0.1) is 6.10 Å². The van der Waals surface area contributed by atoms with Crippen LogP contribution in [0.15, 0.2) is 48.5 Å². The molecule has 1 aliphatic rings. The van der Waals surface area contributed by atoms with Crippen molar-refractivity contribution < 1.29 is 9.53 Å². The lowest BCUT2D eigenvalue weighted by atomic mass is 10.1. The van der Waals surface area contributed by atoms with Crippen LogP contribution in [0.4, 0.5) is 11.4 Å². The Morgan fingerprint density at radius 2 is 1.88 bits per heavy atom. The van der Waals surface area contributed by atoms with Gasteiger partial charge in [0.25, 0.3) is 5.91 Å². The van der Waals surface area contributed by atoms with E-state index in [1.165, 1.54) is 5.69 Å². The molecule has 0 spiro atoms. The number of nitrogens with one attached hydrogen (secondary N) is 1. The van der Waals surface area contributed by atoms with Crippen LogP contribution in [0.25, 0.3) is 0 Å². The summed E-state index contributed by atoms with van der Waals surface area (Å²) in [5, 5.41) is 2.95. The van der Waals surface area contributed by atoms with Crippen LogP contribution in [0, 0.1) is 3.57 Å². The van der Waals surface area contributed by atoms with Crippen molar-refractivity contribution in [1.29, 1.82) is 0 Å². The van der Waals surface area contributed by atoms with E-state index in [2.05, 4.69) is 44.9 Å². The maximum Gasteiger partial charge on any atom is 0.255 e. The van der Waals surface area contributed by atoms with Gasteiger partial charge in [0.2, 0.25) is 0 Å². The van der Waals surface area contributed by atoms with Crippen LogP contribution in [-0.2, 0) is 4.74 Å². The number of benzene rings is 2. The summed E-state index contributed by atoms with van der Waals surface area (Å²) in [6.45, 7) is 2.01. The number of amides is 1. The number of ether oxygens (including phenoxy) is 1. The number of hydrogen-bond acceptors (Lipinski definition) is 3. The molecule has 1 fully saturated rings. The molecular weight excluding hydrogens is 415 g/mol. The topological polar surface area (TPSA) is 41.6 Å². The van der Waals surface area contributed by atoms with Gasteiger partial charge in [0.1, 0.15) is 0 Å². The third-order valence-electron chi connectivity index (χ3n) is 4.35. The third kappa shape index (κ3) is 4.27. The van der Waals surface area contributed by atoms with Crippen LogP contribution in [0.3, 0.4) is 0 Å². The van der Waals surface area contributed by atoms with Gasteiger partial charge in [-0.1, -0.05) is 6.07 Å². The molecule has 0 bridgehead atoms. The minimum absolute atomic E-state index is 0.0813. The Labute approximate surface area is 156 Å². The van der Waals surface area contributed by atoms with E-state index in [9.17, 15) is 4.79 Å². The molecule has 126 valence electrons. The van der Waals surface area contributed by atoms with Gasteiger partial charge in [-0.05, 0) is 77.9 Å². The van der Waals surface area contributed by atoms with Gasteiger partial charge in [-0.25, -0.2) is 0 Å². The fourth-order valence-corrected chi connectivity index (χ4v) is 3.48. The Morgan fingerprint density at radius 3 is 2.50 bits per heavy atom. The number of carbonyl (C=O) groups excluding carboxylic acids is 1. The van der Waals surface area contributed by atoms with Gasteiger partial charge in [0, 0.05) is 40.7 Å². The van der Waals surface area contributed by atoms with Gasteiger partial charge in [-0.3, -0.25) is 4.79 Å². The second-order valence-corrected chi connectivity index (χ2v) is 7.18. The summed E-state index contributed by atoms with van der Waals surface area (Å²) in [6, 6.07) is 15.6. The predicted octanol–water partition coefficient (Wildman–Crippen LogP) is 4.16. The van der Waals surface area contributed by atoms with Crippen molar-refractivity contribution >= 4 is 39.9 Å². The SMILES string of the molecule is COC1CCN(c2ccc(NC(=O)c3cccc(I)c3)cc2)CC1. The molecule has 0 aliphatic carbocycles. The zero-order valence-electron chi connectivity index (χ0n) is 13.7. The standard InChI is InChI=1S/C19H21IN2O2/c1-24-18-9-11-22(12-10-18)17-7-5-16(6-8-17)21-19(23)14-3-2-4-15(20)13-14/h2-8,13,18H,9-12H2,1H3,(H,21,23). The number of nitrogens with zero attached hydrogens (tertiary/aromatic N) is 1. The van der Waals surface area contributed by atoms with Crippen LogP contribution in [0.1, 0.15) is 23.2 Å². The number of methoxy groups -OCH3 is 1. The quantitative estimate of drug-likeness (QED) is 0.733. The summed E-state index contributed by atoms with van der Waals surface area (Å²) in [5.41, 5.74) is 2.68. The molecule has 3 rings (SSSR count). The summed E-state index contributed by atoms with van der Waals surface area (Å²) < 4.78 is 6.46. The largest absolute Gasteiger partial charge is 0.381 e. The molecule has 0 aromatic heterocycles. The van der Waals surface area contributed by atoms with E-state index in [-0.39, 0.29) is 5.91 Å². The zero-order chi connectivity index (χ0) is 16.9. The second-order valence-electron chi connectivity index (χ2n) is 5.93. The average molecular weight is 436 g/mol. The first kappa shape index (κ1) is 17.2. The smallest absolute Gasteiger partial charge is 0.255 e. The maximum atomic E-state index is 12.3. The highest BCUT2D eigenvalue weighted by molar-refractivity contribution is 14.1. The van der Waals surface area contributed by atoms with Crippen molar-refractivity contribution in [3.63, 3.8) is 0 Å². The average Bonchev–Trinajstić information content (AvgIpc) is 2.62. The minimum atomic E-state index is -0.0813. The van der Waals surface area contributed by atoms with E-state index < -0.39 is 0 Å². The highest BCUT2D eigenvalue weighted by Gasteiger charge is 2.18. The highest BCUT2D eigenvalue weighted by Crippen LogP contribution is 2.23. The number of rotatable bonds is 4. The van der Waals surface area contributed by atoms with Crippen molar-refractivity contribution in [2.75, 3.05) is 30.4 Å². The number of halogens is 1. The summed E-state index contributed by atoms with van der Waals surface area (Å²) in [4.78, 5) is 14.6. The number of hydrogen-bond donors (Lipinski definition) is 1. The minimum Gasteiger partial charge on any atom is -0.381 e. The molecule has 0 radical (unpaired) electrons. The molecule has 4 nitrogen and oxygen atoms in total. The van der Waals surface area contributed by atoms with Gasteiger partial charge < -0.3 is 15.0 Å². The van der Waals surface area contributed by atoms with Gasteiger partial charge >= 0.3 is 0 Å². The van der Waals surface area contributed by atoms with Crippen LogP contribution in [0.2, 0.25) is 0 Å². The van der Waals surface area contributed by atoms with Crippen LogP contribution >= 0.6 is 22.6 Å². The Bertz CT molecular complexity index is 695. The van der Waals surface area contributed by atoms with E-state index >= 15 is 0 Å². The number of anilines is 2. The molecule has 1 heterocycles. The molecule has 0 unspecified atom stereocenters. The molecule has 5 heteroatoms. The Morgan fingerprint density at radius 1 is 1.17 bits per heavy atom. The van der Waals surface area contributed by atoms with Crippen molar-refractivity contribution in [3.8, 4) is 0 Å². The van der Waals surface area contributed by atoms with Crippen LogP contribution < -0.4 is 10.2 Å².